The number of anilines is 1. The summed E-state index contributed by atoms with van der Waals surface area (Å²) in [6.07, 6.45) is 4.69. The maximum absolute atomic E-state index is 13.1. The molecule has 0 aliphatic heterocycles. The van der Waals surface area contributed by atoms with Gasteiger partial charge in [-0.05, 0) is 55.4 Å². The van der Waals surface area contributed by atoms with Gasteiger partial charge in [0.25, 0.3) is 0 Å². The Labute approximate surface area is 162 Å². The van der Waals surface area contributed by atoms with Gasteiger partial charge in [0.15, 0.2) is 0 Å². The van der Waals surface area contributed by atoms with Crippen LogP contribution in [0.5, 0.6) is 0 Å². The summed E-state index contributed by atoms with van der Waals surface area (Å²) in [5.74, 6) is 0.624. The Bertz CT molecular complexity index is 1110. The van der Waals surface area contributed by atoms with Crippen LogP contribution in [0, 0.1) is 5.92 Å². The zero-order valence-corrected chi connectivity index (χ0v) is 16.2. The van der Waals surface area contributed by atoms with Crippen molar-refractivity contribution in [2.45, 2.75) is 45.4 Å². The Morgan fingerprint density at radius 2 is 1.96 bits per heavy atom. The van der Waals surface area contributed by atoms with E-state index in [0.29, 0.717) is 16.9 Å². The minimum Gasteiger partial charge on any atom is -0.462 e. The fourth-order valence-corrected chi connectivity index (χ4v) is 4.03. The summed E-state index contributed by atoms with van der Waals surface area (Å²) >= 11 is 0. The summed E-state index contributed by atoms with van der Waals surface area (Å²) in [5.41, 5.74) is 7.51. The molecule has 0 amide bonds. The van der Waals surface area contributed by atoms with E-state index < -0.39 is 5.97 Å². The van der Waals surface area contributed by atoms with Crippen LogP contribution in [0.3, 0.4) is 0 Å². The third-order valence-corrected chi connectivity index (χ3v) is 5.70. The first kappa shape index (κ1) is 18.5. The highest BCUT2D eigenvalue weighted by Crippen LogP contribution is 2.36. The maximum atomic E-state index is 13.1. The average molecular weight is 380 g/mol. The van der Waals surface area contributed by atoms with Gasteiger partial charge in [0, 0.05) is 0 Å². The van der Waals surface area contributed by atoms with Crippen LogP contribution in [0.1, 0.15) is 61.4 Å². The third kappa shape index (κ3) is 3.23. The lowest BCUT2D eigenvalue weighted by Crippen LogP contribution is -2.13. The summed E-state index contributed by atoms with van der Waals surface area (Å²) in [6.45, 7) is 4.21. The topological polar surface area (TPSA) is 95.4 Å². The number of fused-ring (bicyclic) bond motifs is 2. The van der Waals surface area contributed by atoms with Gasteiger partial charge in [-0.2, -0.15) is 4.98 Å². The van der Waals surface area contributed by atoms with E-state index in [-0.39, 0.29) is 34.5 Å². The molecule has 1 aliphatic rings. The quantitative estimate of drug-likeness (QED) is 0.535. The largest absolute Gasteiger partial charge is 0.462 e. The molecule has 0 spiro atoms. The molecule has 1 aromatic carbocycles. The summed E-state index contributed by atoms with van der Waals surface area (Å²) in [4.78, 5) is 29.3. The summed E-state index contributed by atoms with van der Waals surface area (Å²) < 4.78 is 10.8. The van der Waals surface area contributed by atoms with E-state index in [2.05, 4.69) is 11.9 Å². The number of ether oxygens (including phenoxy) is 1. The van der Waals surface area contributed by atoms with Crippen LogP contribution in [-0.2, 0) is 4.74 Å². The lowest BCUT2D eigenvalue weighted by atomic mass is 9.79. The van der Waals surface area contributed by atoms with Gasteiger partial charge in [-0.25, -0.2) is 4.79 Å². The summed E-state index contributed by atoms with van der Waals surface area (Å²) in [5, 5.41) is 0.740. The van der Waals surface area contributed by atoms with Crippen LogP contribution in [0.15, 0.2) is 33.5 Å². The molecule has 2 N–H and O–H groups in total. The van der Waals surface area contributed by atoms with Crippen molar-refractivity contribution in [1.29, 1.82) is 0 Å². The van der Waals surface area contributed by atoms with E-state index >= 15 is 0 Å². The molecular formula is C22H24N2O4. The van der Waals surface area contributed by atoms with Gasteiger partial charge in [0.1, 0.15) is 17.0 Å². The predicted molar refractivity (Wildman–Crippen MR) is 109 cm³/mol. The van der Waals surface area contributed by atoms with Crippen molar-refractivity contribution in [2.75, 3.05) is 12.3 Å². The lowest BCUT2D eigenvalue weighted by molar-refractivity contribution is 0.0527. The first-order valence-corrected chi connectivity index (χ1v) is 9.82. The highest BCUT2D eigenvalue weighted by atomic mass is 16.5. The standard InChI is InChI=1S/C22H24N2O4/c1-3-27-22(26)17-11-16-19(25)15-10-14(13-6-4-12(2)5-7-13)8-9-18(15)28-21(16)24-20(17)23/h8-13H,3-7H2,1-2H3,(H2,23,24). The molecule has 146 valence electrons. The lowest BCUT2D eigenvalue weighted by Gasteiger charge is -2.26. The number of hydrogen-bond donors (Lipinski definition) is 1. The Morgan fingerprint density at radius 3 is 2.68 bits per heavy atom. The number of aromatic nitrogens is 1. The van der Waals surface area contributed by atoms with Gasteiger partial charge in [-0.3, -0.25) is 4.79 Å². The smallest absolute Gasteiger partial charge is 0.341 e. The van der Waals surface area contributed by atoms with Gasteiger partial charge in [-0.1, -0.05) is 25.8 Å². The van der Waals surface area contributed by atoms with Crippen molar-refractivity contribution in [3.05, 3.63) is 45.6 Å². The van der Waals surface area contributed by atoms with Crippen molar-refractivity contribution in [1.82, 2.24) is 4.98 Å². The zero-order valence-electron chi connectivity index (χ0n) is 16.2. The van der Waals surface area contributed by atoms with E-state index in [4.69, 9.17) is 14.9 Å². The summed E-state index contributed by atoms with van der Waals surface area (Å²) in [6, 6.07) is 7.23. The van der Waals surface area contributed by atoms with Crippen LogP contribution in [-0.4, -0.2) is 17.6 Å². The normalized spacial score (nSPS) is 19.8. The fraction of sp³-hybridized carbons (Fsp3) is 0.409. The molecule has 2 heterocycles. The van der Waals surface area contributed by atoms with E-state index in [1.54, 1.807) is 6.92 Å². The Kier molecular flexibility index (Phi) is 4.79. The molecule has 0 saturated heterocycles. The van der Waals surface area contributed by atoms with E-state index in [1.807, 2.05) is 18.2 Å². The van der Waals surface area contributed by atoms with Gasteiger partial charge < -0.3 is 14.9 Å². The molecule has 0 atom stereocenters. The molecule has 6 nitrogen and oxygen atoms in total. The number of carbonyl (C=O) groups is 1. The number of nitrogens with zero attached hydrogens (tertiary/aromatic N) is 1. The second-order valence-electron chi connectivity index (χ2n) is 7.64. The number of carbonyl (C=O) groups excluding carboxylic acids is 1. The van der Waals surface area contributed by atoms with Crippen LogP contribution < -0.4 is 11.2 Å². The highest BCUT2D eigenvalue weighted by molar-refractivity contribution is 5.99. The average Bonchev–Trinajstić information content (AvgIpc) is 2.68. The molecule has 6 heteroatoms. The molecule has 0 bridgehead atoms. The van der Waals surface area contributed by atoms with Crippen molar-refractivity contribution < 1.29 is 13.9 Å². The SMILES string of the molecule is CCOC(=O)c1cc2c(=O)c3cc(C4CCC(C)CC4)ccc3oc2nc1N. The van der Waals surface area contributed by atoms with Crippen molar-refractivity contribution in [3.8, 4) is 0 Å². The number of rotatable bonds is 3. The second-order valence-corrected chi connectivity index (χ2v) is 7.64. The van der Waals surface area contributed by atoms with E-state index in [9.17, 15) is 9.59 Å². The number of benzene rings is 1. The van der Waals surface area contributed by atoms with Crippen LogP contribution >= 0.6 is 0 Å². The van der Waals surface area contributed by atoms with Gasteiger partial charge >= 0.3 is 5.97 Å². The van der Waals surface area contributed by atoms with Gasteiger partial charge in [-0.15, -0.1) is 0 Å². The monoisotopic (exact) mass is 380 g/mol. The highest BCUT2D eigenvalue weighted by Gasteiger charge is 2.22. The molecule has 0 unspecified atom stereocenters. The molecule has 2 aromatic heterocycles. The van der Waals surface area contributed by atoms with Crippen LogP contribution in [0.2, 0.25) is 0 Å². The first-order chi connectivity index (χ1) is 13.5. The third-order valence-electron chi connectivity index (χ3n) is 5.70. The molecule has 1 saturated carbocycles. The molecule has 3 aromatic rings. The van der Waals surface area contributed by atoms with Crippen molar-refractivity contribution in [3.63, 3.8) is 0 Å². The van der Waals surface area contributed by atoms with Gasteiger partial charge in [0.05, 0.1) is 17.4 Å². The molecule has 4 rings (SSSR count). The van der Waals surface area contributed by atoms with E-state index in [1.165, 1.54) is 24.5 Å². The molecule has 1 fully saturated rings. The Balaban J connectivity index is 1.83. The predicted octanol–water partition coefficient (Wildman–Crippen LogP) is 4.39. The first-order valence-electron chi connectivity index (χ1n) is 9.82. The van der Waals surface area contributed by atoms with Crippen molar-refractivity contribution in [2.24, 2.45) is 5.92 Å². The number of hydrogen-bond acceptors (Lipinski definition) is 6. The molecule has 1 aliphatic carbocycles. The molecular weight excluding hydrogens is 356 g/mol. The minimum atomic E-state index is -0.598. The van der Waals surface area contributed by atoms with Crippen LogP contribution in [0.4, 0.5) is 5.82 Å². The summed E-state index contributed by atoms with van der Waals surface area (Å²) in [7, 11) is 0. The minimum absolute atomic E-state index is 0.0126. The second kappa shape index (κ2) is 7.26. The van der Waals surface area contributed by atoms with E-state index in [0.717, 1.165) is 18.8 Å². The van der Waals surface area contributed by atoms with Crippen LogP contribution in [0.25, 0.3) is 22.1 Å². The Hall–Kier alpha value is -2.89. The zero-order chi connectivity index (χ0) is 19.8. The number of nitrogen functional groups attached to an aromatic ring is 1. The fourth-order valence-electron chi connectivity index (χ4n) is 4.03. The number of pyridine rings is 1. The number of esters is 1. The van der Waals surface area contributed by atoms with Gasteiger partial charge in [0.2, 0.25) is 11.1 Å². The number of nitrogens with two attached hydrogens (primary N) is 1. The van der Waals surface area contributed by atoms with Crippen molar-refractivity contribution >= 4 is 33.9 Å². The Morgan fingerprint density at radius 1 is 1.21 bits per heavy atom. The molecule has 0 radical (unpaired) electrons. The molecule has 28 heavy (non-hydrogen) atoms. The maximum Gasteiger partial charge on any atom is 0.341 e.